The van der Waals surface area contributed by atoms with E-state index in [1.807, 2.05) is 6.07 Å². The maximum atomic E-state index is 10.5. The maximum Gasteiger partial charge on any atom is 0.165 e. The number of hydrogen-bond acceptors (Lipinski definition) is 3. The number of phenolic OH excluding ortho intramolecular Hbond substituents is 2. The minimum absolute atomic E-state index is 0.0285. The first-order valence-electron chi connectivity index (χ1n) is 9.01. The number of rotatable bonds is 3. The zero-order valence-electron chi connectivity index (χ0n) is 14.6. The monoisotopic (exact) mass is 323 g/mol. The van der Waals surface area contributed by atoms with Crippen LogP contribution in [0.25, 0.3) is 11.1 Å². The second-order valence-electron chi connectivity index (χ2n) is 7.14. The highest BCUT2D eigenvalue weighted by atomic mass is 16.3. The van der Waals surface area contributed by atoms with Gasteiger partial charge >= 0.3 is 0 Å². The van der Waals surface area contributed by atoms with Crippen LogP contribution in [0.2, 0.25) is 0 Å². The average molecular weight is 323 g/mol. The van der Waals surface area contributed by atoms with Crippen molar-refractivity contribution in [3.05, 3.63) is 46.5 Å². The number of nitrogens with zero attached hydrogens (tertiary/aromatic N) is 1. The lowest BCUT2D eigenvalue weighted by Gasteiger charge is -2.32. The quantitative estimate of drug-likeness (QED) is 0.794. The molecular weight excluding hydrogens is 298 g/mol. The van der Waals surface area contributed by atoms with Crippen LogP contribution in [0.15, 0.2) is 24.3 Å². The Morgan fingerprint density at radius 2 is 1.96 bits per heavy atom. The summed E-state index contributed by atoms with van der Waals surface area (Å²) >= 11 is 0. The molecular formula is C21H25NO2. The summed E-state index contributed by atoms with van der Waals surface area (Å²) < 4.78 is 0. The van der Waals surface area contributed by atoms with Crippen molar-refractivity contribution in [2.24, 2.45) is 0 Å². The molecule has 0 saturated carbocycles. The summed E-state index contributed by atoms with van der Waals surface area (Å²) in [5.41, 5.74) is 7.09. The van der Waals surface area contributed by atoms with E-state index in [2.05, 4.69) is 37.8 Å². The van der Waals surface area contributed by atoms with Crippen molar-refractivity contribution in [2.75, 3.05) is 6.54 Å². The summed E-state index contributed by atoms with van der Waals surface area (Å²) in [6, 6.07) is 8.93. The number of aromatic hydroxyl groups is 2. The summed E-state index contributed by atoms with van der Waals surface area (Å²) in [5.74, 6) is -0.00125. The van der Waals surface area contributed by atoms with E-state index < -0.39 is 0 Å². The third kappa shape index (κ3) is 2.01. The number of hydrogen-bond donors (Lipinski definition) is 2. The molecule has 3 nitrogen and oxygen atoms in total. The lowest BCUT2D eigenvalue weighted by molar-refractivity contribution is 0.160. The normalized spacial score (nSPS) is 21.6. The number of fused-ring (bicyclic) bond motifs is 2. The van der Waals surface area contributed by atoms with E-state index in [0.29, 0.717) is 12.1 Å². The highest BCUT2D eigenvalue weighted by molar-refractivity contribution is 5.83. The van der Waals surface area contributed by atoms with E-state index in [4.69, 9.17) is 0 Å². The first-order chi connectivity index (χ1) is 11.6. The topological polar surface area (TPSA) is 43.7 Å². The fourth-order valence-corrected chi connectivity index (χ4v) is 4.80. The van der Waals surface area contributed by atoms with Crippen LogP contribution in [0.5, 0.6) is 11.5 Å². The van der Waals surface area contributed by atoms with Gasteiger partial charge in [-0.15, -0.1) is 0 Å². The Bertz CT molecular complexity index is 812. The fourth-order valence-electron chi connectivity index (χ4n) is 4.80. The molecule has 2 atom stereocenters. The molecule has 2 aliphatic rings. The van der Waals surface area contributed by atoms with Crippen LogP contribution in [0.1, 0.15) is 61.0 Å². The second kappa shape index (κ2) is 5.52. The molecule has 0 spiro atoms. The first kappa shape index (κ1) is 15.5. The van der Waals surface area contributed by atoms with Crippen LogP contribution >= 0.6 is 0 Å². The van der Waals surface area contributed by atoms with E-state index >= 15 is 0 Å². The zero-order valence-corrected chi connectivity index (χ0v) is 14.6. The molecule has 1 heterocycles. The summed E-state index contributed by atoms with van der Waals surface area (Å²) in [5, 5.41) is 20.5. The van der Waals surface area contributed by atoms with Crippen LogP contribution in [0, 0.1) is 6.92 Å². The predicted octanol–water partition coefficient (Wildman–Crippen LogP) is 4.85. The van der Waals surface area contributed by atoms with E-state index in [1.54, 1.807) is 6.07 Å². The predicted molar refractivity (Wildman–Crippen MR) is 96.4 cm³/mol. The summed E-state index contributed by atoms with van der Waals surface area (Å²) in [6.07, 6.45) is 3.23. The molecule has 0 unspecified atom stereocenters. The van der Waals surface area contributed by atoms with Gasteiger partial charge in [0.1, 0.15) is 0 Å². The van der Waals surface area contributed by atoms with Crippen molar-refractivity contribution >= 4 is 0 Å². The van der Waals surface area contributed by atoms with Crippen LogP contribution in [0.4, 0.5) is 0 Å². The minimum Gasteiger partial charge on any atom is -0.504 e. The van der Waals surface area contributed by atoms with Crippen LogP contribution < -0.4 is 0 Å². The summed E-state index contributed by atoms with van der Waals surface area (Å²) in [4.78, 5) is 2.62. The molecule has 2 aromatic carbocycles. The highest BCUT2D eigenvalue weighted by Crippen LogP contribution is 2.55. The van der Waals surface area contributed by atoms with Gasteiger partial charge in [-0.2, -0.15) is 0 Å². The fraction of sp³-hybridized carbons (Fsp3) is 0.429. The second-order valence-corrected chi connectivity index (χ2v) is 7.14. The third-order valence-corrected chi connectivity index (χ3v) is 5.70. The maximum absolute atomic E-state index is 10.5. The van der Waals surface area contributed by atoms with Crippen LogP contribution in [-0.4, -0.2) is 21.7 Å². The number of phenols is 2. The molecule has 4 rings (SSSR count). The molecule has 0 radical (unpaired) electrons. The molecule has 0 amide bonds. The van der Waals surface area contributed by atoms with Crippen LogP contribution in [-0.2, 0) is 6.42 Å². The summed E-state index contributed by atoms with van der Waals surface area (Å²) in [7, 11) is 0. The van der Waals surface area contributed by atoms with Gasteiger partial charge < -0.3 is 10.2 Å². The van der Waals surface area contributed by atoms with Gasteiger partial charge in [-0.25, -0.2) is 0 Å². The Morgan fingerprint density at radius 1 is 1.17 bits per heavy atom. The van der Waals surface area contributed by atoms with Crippen molar-refractivity contribution in [3.63, 3.8) is 0 Å². The number of likely N-dealkylation sites (N-methyl/N-ethyl adjacent to an activating group) is 1. The van der Waals surface area contributed by atoms with Gasteiger partial charge in [0.25, 0.3) is 0 Å². The van der Waals surface area contributed by atoms with E-state index in [-0.39, 0.29) is 11.5 Å². The SMILES string of the molecule is CCC[C@H]1c2cc(C)cc3c2[C@@H](Cc2ccc(O)c(O)c2-3)N1CC. The standard InChI is InChI=1S/C21H25NO2/c1-4-6-16-14-9-12(3)10-15-19-13(7-8-18(23)21(19)24)11-17(20(14)15)22(16)5-2/h7-10,16-17,23-24H,4-6,11H2,1-3H3/t16-,17+/m0/s1. The molecule has 1 aliphatic carbocycles. The largest absolute Gasteiger partial charge is 0.504 e. The Balaban J connectivity index is 2.00. The van der Waals surface area contributed by atoms with Crippen molar-refractivity contribution in [1.82, 2.24) is 4.90 Å². The summed E-state index contributed by atoms with van der Waals surface area (Å²) in [6.45, 7) is 7.64. The van der Waals surface area contributed by atoms with Gasteiger partial charge in [0, 0.05) is 17.6 Å². The lowest BCUT2D eigenvalue weighted by Crippen LogP contribution is -2.28. The van der Waals surface area contributed by atoms with E-state index in [0.717, 1.165) is 42.5 Å². The molecule has 126 valence electrons. The molecule has 24 heavy (non-hydrogen) atoms. The molecule has 3 heteroatoms. The molecule has 0 aromatic heterocycles. The smallest absolute Gasteiger partial charge is 0.165 e. The Morgan fingerprint density at radius 3 is 2.67 bits per heavy atom. The van der Waals surface area contributed by atoms with Crippen LogP contribution in [0.3, 0.4) is 0 Å². The van der Waals surface area contributed by atoms with Crippen molar-refractivity contribution in [2.45, 2.75) is 52.1 Å². The van der Waals surface area contributed by atoms with Gasteiger partial charge in [-0.1, -0.05) is 44.0 Å². The van der Waals surface area contributed by atoms with Gasteiger partial charge in [-0.3, -0.25) is 4.90 Å². The lowest BCUT2D eigenvalue weighted by atomic mass is 9.80. The minimum atomic E-state index is -0.0297. The third-order valence-electron chi connectivity index (χ3n) is 5.70. The van der Waals surface area contributed by atoms with Gasteiger partial charge in [0.2, 0.25) is 0 Å². The number of aryl methyl sites for hydroxylation is 1. The molecule has 1 aliphatic heterocycles. The molecule has 0 bridgehead atoms. The van der Waals surface area contributed by atoms with Gasteiger partial charge in [0.05, 0.1) is 0 Å². The molecule has 2 aromatic rings. The molecule has 2 N–H and O–H groups in total. The number of benzene rings is 2. The van der Waals surface area contributed by atoms with E-state index in [9.17, 15) is 10.2 Å². The van der Waals surface area contributed by atoms with E-state index in [1.165, 1.54) is 16.7 Å². The molecule has 0 fully saturated rings. The van der Waals surface area contributed by atoms with Gasteiger partial charge in [0.15, 0.2) is 11.5 Å². The zero-order chi connectivity index (χ0) is 17.0. The molecule has 0 saturated heterocycles. The average Bonchev–Trinajstić information content (AvgIpc) is 2.85. The highest BCUT2D eigenvalue weighted by Gasteiger charge is 2.42. The van der Waals surface area contributed by atoms with Crippen molar-refractivity contribution < 1.29 is 10.2 Å². The van der Waals surface area contributed by atoms with Crippen molar-refractivity contribution in [1.29, 1.82) is 0 Å². The Labute approximate surface area is 143 Å². The Hall–Kier alpha value is -2.00. The first-order valence-corrected chi connectivity index (χ1v) is 9.01. The van der Waals surface area contributed by atoms with Crippen molar-refractivity contribution in [3.8, 4) is 22.6 Å². The Kier molecular flexibility index (Phi) is 3.57. The van der Waals surface area contributed by atoms with Gasteiger partial charge in [-0.05, 0) is 54.6 Å².